The van der Waals surface area contributed by atoms with E-state index in [4.69, 9.17) is 4.74 Å². The van der Waals surface area contributed by atoms with Crippen molar-refractivity contribution in [3.8, 4) is 5.75 Å². The molecule has 0 saturated carbocycles. The van der Waals surface area contributed by atoms with Gasteiger partial charge in [0, 0.05) is 6.20 Å². The number of aliphatic hydroxyl groups is 1. The molecule has 0 fully saturated rings. The molecule has 2 rings (SSSR count). The number of nitrogens with zero attached hydrogens (tertiary/aromatic N) is 1. The van der Waals surface area contributed by atoms with Crippen LogP contribution in [0.5, 0.6) is 5.75 Å². The monoisotopic (exact) mass is 257 g/mol. The number of ether oxygens (including phenoxy) is 1. The Morgan fingerprint density at radius 1 is 1.21 bits per heavy atom. The molecule has 19 heavy (non-hydrogen) atoms. The van der Waals surface area contributed by atoms with Gasteiger partial charge in [-0.15, -0.1) is 0 Å². The molecule has 0 radical (unpaired) electrons. The van der Waals surface area contributed by atoms with Gasteiger partial charge < -0.3 is 9.84 Å². The van der Waals surface area contributed by atoms with Gasteiger partial charge in [-0.2, -0.15) is 0 Å². The van der Waals surface area contributed by atoms with E-state index in [0.29, 0.717) is 13.0 Å². The molecule has 100 valence electrons. The van der Waals surface area contributed by atoms with Crippen LogP contribution in [0.1, 0.15) is 36.3 Å². The van der Waals surface area contributed by atoms with Gasteiger partial charge in [0.2, 0.25) is 0 Å². The fourth-order valence-electron chi connectivity index (χ4n) is 1.84. The van der Waals surface area contributed by atoms with Gasteiger partial charge in [0.15, 0.2) is 0 Å². The number of hydrogen-bond acceptors (Lipinski definition) is 3. The van der Waals surface area contributed by atoms with Crippen LogP contribution in [0.15, 0.2) is 42.6 Å². The third kappa shape index (κ3) is 3.55. The van der Waals surface area contributed by atoms with Gasteiger partial charge in [-0.3, -0.25) is 4.98 Å². The van der Waals surface area contributed by atoms with Crippen LogP contribution < -0.4 is 4.74 Å². The molecule has 1 heterocycles. The van der Waals surface area contributed by atoms with E-state index in [-0.39, 0.29) is 0 Å². The average molecular weight is 257 g/mol. The molecular weight excluding hydrogens is 238 g/mol. The van der Waals surface area contributed by atoms with Crippen molar-refractivity contribution in [2.75, 3.05) is 0 Å². The van der Waals surface area contributed by atoms with Crippen LogP contribution in [0.2, 0.25) is 0 Å². The number of aryl methyl sites for hydroxylation is 1. The molecule has 0 bridgehead atoms. The summed E-state index contributed by atoms with van der Waals surface area (Å²) in [7, 11) is 0. The smallest absolute Gasteiger partial charge is 0.130 e. The van der Waals surface area contributed by atoms with Crippen molar-refractivity contribution in [3.05, 3.63) is 59.4 Å². The average Bonchev–Trinajstić information content (AvgIpc) is 2.46. The predicted molar refractivity (Wildman–Crippen MR) is 75.0 cm³/mol. The molecule has 2 aromatic rings. The molecule has 0 unspecified atom stereocenters. The van der Waals surface area contributed by atoms with Crippen molar-refractivity contribution in [1.82, 2.24) is 4.98 Å². The molecule has 0 aliphatic rings. The molecule has 0 aliphatic heterocycles. The van der Waals surface area contributed by atoms with E-state index in [1.54, 1.807) is 6.20 Å². The molecule has 3 nitrogen and oxygen atoms in total. The van der Waals surface area contributed by atoms with Crippen molar-refractivity contribution in [3.63, 3.8) is 0 Å². The summed E-state index contributed by atoms with van der Waals surface area (Å²) in [5.41, 5.74) is 2.99. The Labute approximate surface area is 113 Å². The lowest BCUT2D eigenvalue weighted by Gasteiger charge is -2.10. The third-order valence-corrected chi connectivity index (χ3v) is 3.14. The van der Waals surface area contributed by atoms with Gasteiger partial charge in [0.05, 0.1) is 11.8 Å². The lowest BCUT2D eigenvalue weighted by atomic mass is 10.1. The summed E-state index contributed by atoms with van der Waals surface area (Å²) < 4.78 is 5.70. The Balaban J connectivity index is 1.99. The largest absolute Gasteiger partial charge is 0.487 e. The number of benzene rings is 1. The summed E-state index contributed by atoms with van der Waals surface area (Å²) in [6, 6.07) is 11.5. The highest BCUT2D eigenvalue weighted by Crippen LogP contribution is 2.20. The topological polar surface area (TPSA) is 42.4 Å². The maximum absolute atomic E-state index is 9.71. The molecule has 1 aromatic carbocycles. The summed E-state index contributed by atoms with van der Waals surface area (Å²) in [6.45, 7) is 4.44. The molecular formula is C16H19NO2. The normalized spacial score (nSPS) is 12.2. The highest BCUT2D eigenvalue weighted by Gasteiger charge is 2.05. The molecule has 1 N–H and O–H groups in total. The van der Waals surface area contributed by atoms with Crippen LogP contribution in [0.4, 0.5) is 0 Å². The Morgan fingerprint density at radius 2 is 1.95 bits per heavy atom. The van der Waals surface area contributed by atoms with E-state index < -0.39 is 6.10 Å². The van der Waals surface area contributed by atoms with Crippen molar-refractivity contribution in [1.29, 1.82) is 0 Å². The number of hydrogen-bond donors (Lipinski definition) is 1. The minimum atomic E-state index is -0.396. The Morgan fingerprint density at radius 3 is 2.58 bits per heavy atom. The first kappa shape index (κ1) is 13.6. The Hall–Kier alpha value is -1.87. The lowest BCUT2D eigenvalue weighted by molar-refractivity contribution is 0.173. The fraction of sp³-hybridized carbons (Fsp3) is 0.312. The van der Waals surface area contributed by atoms with Gasteiger partial charge in [-0.05, 0) is 42.7 Å². The van der Waals surface area contributed by atoms with Crippen LogP contribution in [-0.2, 0) is 6.61 Å². The molecule has 0 saturated heterocycles. The fourth-order valence-corrected chi connectivity index (χ4v) is 1.84. The van der Waals surface area contributed by atoms with Crippen molar-refractivity contribution >= 4 is 0 Å². The second kappa shape index (κ2) is 6.34. The maximum Gasteiger partial charge on any atom is 0.130 e. The van der Waals surface area contributed by atoms with Crippen molar-refractivity contribution in [2.24, 2.45) is 0 Å². The van der Waals surface area contributed by atoms with E-state index in [0.717, 1.165) is 22.6 Å². The van der Waals surface area contributed by atoms with Gasteiger partial charge in [-0.1, -0.05) is 25.1 Å². The zero-order valence-corrected chi connectivity index (χ0v) is 11.3. The second-order valence-electron chi connectivity index (χ2n) is 4.55. The highest BCUT2D eigenvalue weighted by molar-refractivity contribution is 5.29. The third-order valence-electron chi connectivity index (χ3n) is 3.14. The minimum Gasteiger partial charge on any atom is -0.487 e. The van der Waals surface area contributed by atoms with Crippen LogP contribution in [-0.4, -0.2) is 10.1 Å². The quantitative estimate of drug-likeness (QED) is 0.892. The molecule has 1 aromatic heterocycles. The number of rotatable bonds is 5. The summed E-state index contributed by atoms with van der Waals surface area (Å²) in [5.74, 6) is 0.789. The van der Waals surface area contributed by atoms with E-state index >= 15 is 0 Å². The first-order chi connectivity index (χ1) is 9.20. The SMILES string of the molecule is CC[C@H](O)c1ccc(OCc2ncccc2C)cc1. The van der Waals surface area contributed by atoms with Crippen LogP contribution in [0.25, 0.3) is 0 Å². The van der Waals surface area contributed by atoms with E-state index in [2.05, 4.69) is 4.98 Å². The Bertz CT molecular complexity index is 523. The highest BCUT2D eigenvalue weighted by atomic mass is 16.5. The number of aromatic nitrogens is 1. The second-order valence-corrected chi connectivity index (χ2v) is 4.55. The maximum atomic E-state index is 9.71. The standard InChI is InChI=1S/C16H19NO2/c1-3-16(18)13-6-8-14(9-7-13)19-11-15-12(2)5-4-10-17-15/h4-10,16,18H,3,11H2,1-2H3/t16-/m0/s1. The van der Waals surface area contributed by atoms with E-state index in [9.17, 15) is 5.11 Å². The van der Waals surface area contributed by atoms with Crippen molar-refractivity contribution in [2.45, 2.75) is 33.0 Å². The summed E-state index contributed by atoms with van der Waals surface area (Å²) >= 11 is 0. The summed E-state index contributed by atoms with van der Waals surface area (Å²) in [6.07, 6.45) is 2.09. The van der Waals surface area contributed by atoms with Gasteiger partial charge in [-0.25, -0.2) is 0 Å². The lowest BCUT2D eigenvalue weighted by Crippen LogP contribution is -2.01. The van der Waals surface area contributed by atoms with Gasteiger partial charge >= 0.3 is 0 Å². The molecule has 1 atom stereocenters. The summed E-state index contributed by atoms with van der Waals surface area (Å²) in [4.78, 5) is 4.29. The zero-order valence-electron chi connectivity index (χ0n) is 11.3. The van der Waals surface area contributed by atoms with Gasteiger partial charge in [0.25, 0.3) is 0 Å². The van der Waals surface area contributed by atoms with E-state index in [1.165, 1.54) is 0 Å². The minimum absolute atomic E-state index is 0.396. The predicted octanol–water partition coefficient (Wildman–Crippen LogP) is 3.41. The number of pyridine rings is 1. The first-order valence-electron chi connectivity index (χ1n) is 6.52. The molecule has 0 spiro atoms. The van der Waals surface area contributed by atoms with Crippen LogP contribution in [0, 0.1) is 6.92 Å². The molecule has 3 heteroatoms. The van der Waals surface area contributed by atoms with E-state index in [1.807, 2.05) is 50.2 Å². The molecule has 0 amide bonds. The van der Waals surface area contributed by atoms with Crippen LogP contribution >= 0.6 is 0 Å². The number of aliphatic hydroxyl groups excluding tert-OH is 1. The van der Waals surface area contributed by atoms with Crippen LogP contribution in [0.3, 0.4) is 0 Å². The molecule has 0 aliphatic carbocycles. The van der Waals surface area contributed by atoms with Crippen molar-refractivity contribution < 1.29 is 9.84 Å². The summed E-state index contributed by atoms with van der Waals surface area (Å²) in [5, 5.41) is 9.71. The zero-order chi connectivity index (χ0) is 13.7. The van der Waals surface area contributed by atoms with Gasteiger partial charge in [0.1, 0.15) is 12.4 Å². The first-order valence-corrected chi connectivity index (χ1v) is 6.52. The Kier molecular flexibility index (Phi) is 4.53.